The van der Waals surface area contributed by atoms with E-state index in [-0.39, 0.29) is 28.9 Å². The van der Waals surface area contributed by atoms with Crippen molar-refractivity contribution in [3.63, 3.8) is 0 Å². The van der Waals surface area contributed by atoms with Gasteiger partial charge in [-0.05, 0) is 0 Å². The number of allylic oxidation sites excluding steroid dienone is 2. The summed E-state index contributed by atoms with van der Waals surface area (Å²) in [7, 11) is 0. The first kappa shape index (κ1) is 16.7. The van der Waals surface area contributed by atoms with Crippen molar-refractivity contribution in [1.82, 2.24) is 14.7 Å². The number of hydrogen-bond donors (Lipinski definition) is 0. The van der Waals surface area contributed by atoms with Crippen LogP contribution in [-0.2, 0) is 27.0 Å². The van der Waals surface area contributed by atoms with Gasteiger partial charge >= 0.3 is 0 Å². The first-order valence-electron chi connectivity index (χ1n) is 7.26. The van der Waals surface area contributed by atoms with Crippen LogP contribution in [0.4, 0.5) is 0 Å². The molecule has 0 atom stereocenters. The van der Waals surface area contributed by atoms with E-state index in [2.05, 4.69) is 13.5 Å². The second kappa shape index (κ2) is 6.23. The summed E-state index contributed by atoms with van der Waals surface area (Å²) in [6.45, 7) is 14.2. The molecule has 0 aromatic rings. The smallest absolute Gasteiger partial charge is 0.227 e. The van der Waals surface area contributed by atoms with Gasteiger partial charge in [0.2, 0.25) is 11.6 Å². The molecule has 0 amide bonds. The van der Waals surface area contributed by atoms with Crippen LogP contribution in [0.3, 0.4) is 0 Å². The summed E-state index contributed by atoms with van der Waals surface area (Å²) in [5.74, 6) is 0.0485. The Morgan fingerprint density at radius 1 is 1.00 bits per heavy atom. The molecule has 3 saturated heterocycles. The van der Waals surface area contributed by atoms with Gasteiger partial charge in [-0.25, -0.2) is 19.1 Å². The SMILES string of the molecule is C=C([CH2-])C.O=C1C=C(N2CC2)C(=O)C(N2CC2)=C1N1CC1.[Cr]. The van der Waals surface area contributed by atoms with Crippen molar-refractivity contribution in [2.45, 2.75) is 6.92 Å². The summed E-state index contributed by atoms with van der Waals surface area (Å²) >= 11 is 0. The largest absolute Gasteiger partial charge is 0.365 e. The molecule has 4 rings (SSSR count). The van der Waals surface area contributed by atoms with E-state index in [1.165, 1.54) is 6.08 Å². The molecule has 0 radical (unpaired) electrons. The standard InChI is InChI=1S/C12H13N3O2.C4H7.Cr/c16-9-7-8(13-1-2-13)12(17)11(15-5-6-15)10(9)14-3-4-14;1-4(2)3;/h7H,1-6H2;1-2H2,3H3;/q;-1;. The number of ketones is 2. The summed E-state index contributed by atoms with van der Waals surface area (Å²) in [4.78, 5) is 30.5. The van der Waals surface area contributed by atoms with Gasteiger partial charge in [0.1, 0.15) is 11.4 Å². The Kier molecular flexibility index (Phi) is 4.74. The number of carbonyl (C=O) groups is 2. The molecule has 1 aliphatic carbocycles. The number of nitrogens with zero attached hydrogens (tertiary/aromatic N) is 3. The fraction of sp³-hybridized carbons (Fsp3) is 0.438. The molecule has 5 nitrogen and oxygen atoms in total. The Labute approximate surface area is 142 Å². The van der Waals surface area contributed by atoms with Crippen LogP contribution in [0.15, 0.2) is 35.3 Å². The van der Waals surface area contributed by atoms with Crippen molar-refractivity contribution in [2.24, 2.45) is 0 Å². The third kappa shape index (κ3) is 3.57. The predicted octanol–water partition coefficient (Wildman–Crippen LogP) is 0.575. The van der Waals surface area contributed by atoms with Crippen LogP contribution < -0.4 is 0 Å². The fourth-order valence-electron chi connectivity index (χ4n) is 2.28. The molecule has 0 N–H and O–H groups in total. The molecule has 0 aromatic heterocycles. The number of carbonyl (C=O) groups excluding carboxylic acids is 2. The Morgan fingerprint density at radius 3 is 1.82 bits per heavy atom. The number of Topliss-reactive ketones (excluding diaryl/α,β-unsaturated/α-hetero) is 1. The Hall–Kier alpha value is -1.64. The molecule has 0 unspecified atom stereocenters. The number of rotatable bonds is 3. The van der Waals surface area contributed by atoms with E-state index in [0.717, 1.165) is 44.8 Å². The monoisotopic (exact) mass is 338 g/mol. The van der Waals surface area contributed by atoms with Crippen LogP contribution >= 0.6 is 0 Å². The molecule has 4 aliphatic rings. The van der Waals surface area contributed by atoms with Gasteiger partial charge in [-0.2, -0.15) is 0 Å². The molecule has 6 heteroatoms. The molecule has 0 aromatic carbocycles. The molecule has 0 spiro atoms. The molecule has 3 fully saturated rings. The normalized spacial score (nSPS) is 21.7. The van der Waals surface area contributed by atoms with Crippen molar-refractivity contribution >= 4 is 11.6 Å². The van der Waals surface area contributed by atoms with Gasteiger partial charge in [-0.1, -0.05) is 6.92 Å². The summed E-state index contributed by atoms with van der Waals surface area (Å²) < 4.78 is 0. The average molecular weight is 338 g/mol. The van der Waals surface area contributed by atoms with E-state index in [1.807, 2.05) is 21.6 Å². The molecule has 22 heavy (non-hydrogen) atoms. The van der Waals surface area contributed by atoms with E-state index < -0.39 is 0 Å². The first-order valence-corrected chi connectivity index (χ1v) is 7.26. The minimum atomic E-state index is 0. The topological polar surface area (TPSA) is 43.2 Å². The van der Waals surface area contributed by atoms with E-state index >= 15 is 0 Å². The van der Waals surface area contributed by atoms with Crippen LogP contribution in [0.5, 0.6) is 0 Å². The van der Waals surface area contributed by atoms with Gasteiger partial charge in [-0.15, -0.1) is 0 Å². The maximum atomic E-state index is 12.4. The van der Waals surface area contributed by atoms with Crippen molar-refractivity contribution < 1.29 is 27.0 Å². The summed E-state index contributed by atoms with van der Waals surface area (Å²) in [5, 5.41) is 0. The number of hydrogen-bond acceptors (Lipinski definition) is 5. The van der Waals surface area contributed by atoms with Crippen LogP contribution in [0.1, 0.15) is 6.92 Å². The van der Waals surface area contributed by atoms with Gasteiger partial charge in [0.25, 0.3) is 0 Å². The molecule has 118 valence electrons. The van der Waals surface area contributed by atoms with Crippen molar-refractivity contribution in [2.75, 3.05) is 39.3 Å². The molecular weight excluding hydrogens is 318 g/mol. The molecule has 0 bridgehead atoms. The maximum Gasteiger partial charge on any atom is 0.227 e. The quantitative estimate of drug-likeness (QED) is 0.428. The van der Waals surface area contributed by atoms with Crippen molar-refractivity contribution in [1.29, 1.82) is 0 Å². The van der Waals surface area contributed by atoms with Gasteiger partial charge in [0.15, 0.2) is 0 Å². The van der Waals surface area contributed by atoms with Crippen molar-refractivity contribution in [3.8, 4) is 0 Å². The third-order valence-electron chi connectivity index (χ3n) is 3.49. The van der Waals surface area contributed by atoms with E-state index in [9.17, 15) is 9.59 Å². The zero-order chi connectivity index (χ0) is 15.1. The van der Waals surface area contributed by atoms with Gasteiger partial charge in [0, 0.05) is 62.7 Å². The Balaban J connectivity index is 0.000000319. The minimum absolute atomic E-state index is 0. The molecule has 0 saturated carbocycles. The van der Waals surface area contributed by atoms with E-state index in [0.29, 0.717) is 17.1 Å². The first-order chi connectivity index (χ1) is 9.99. The Bertz CT molecular complexity index is 578. The average Bonchev–Trinajstić information content (AvgIpc) is 3.26. The zero-order valence-electron chi connectivity index (χ0n) is 12.8. The van der Waals surface area contributed by atoms with Gasteiger partial charge in [-0.3, -0.25) is 9.59 Å². The van der Waals surface area contributed by atoms with Crippen LogP contribution in [-0.4, -0.2) is 65.5 Å². The third-order valence-corrected chi connectivity index (χ3v) is 3.49. The van der Waals surface area contributed by atoms with Crippen LogP contribution in [0.25, 0.3) is 0 Å². The summed E-state index contributed by atoms with van der Waals surface area (Å²) in [6.07, 6.45) is 1.52. The second-order valence-corrected chi connectivity index (χ2v) is 5.84. The second-order valence-electron chi connectivity index (χ2n) is 5.84. The minimum Gasteiger partial charge on any atom is -0.365 e. The van der Waals surface area contributed by atoms with E-state index in [1.54, 1.807) is 0 Å². The van der Waals surface area contributed by atoms with Crippen LogP contribution in [0.2, 0.25) is 0 Å². The van der Waals surface area contributed by atoms with Gasteiger partial charge < -0.3 is 14.7 Å². The Morgan fingerprint density at radius 2 is 1.41 bits per heavy atom. The summed E-state index contributed by atoms with van der Waals surface area (Å²) in [6, 6.07) is 0. The van der Waals surface area contributed by atoms with Crippen molar-refractivity contribution in [3.05, 3.63) is 42.2 Å². The molecule has 3 heterocycles. The summed E-state index contributed by atoms with van der Waals surface area (Å²) in [5.41, 5.74) is 2.80. The van der Waals surface area contributed by atoms with Gasteiger partial charge in [0.05, 0.1) is 5.70 Å². The fourth-order valence-corrected chi connectivity index (χ4v) is 2.28. The molecular formula is C16H20CrN3O2-. The van der Waals surface area contributed by atoms with E-state index in [4.69, 9.17) is 0 Å². The predicted molar refractivity (Wildman–Crippen MR) is 80.0 cm³/mol. The maximum absolute atomic E-state index is 12.4. The zero-order valence-corrected chi connectivity index (χ0v) is 14.1. The van der Waals surface area contributed by atoms with Crippen LogP contribution in [0, 0.1) is 6.92 Å². The molecule has 3 aliphatic heterocycles.